The van der Waals surface area contributed by atoms with E-state index in [2.05, 4.69) is 6.92 Å². The SMILES string of the molecule is CCCCOc1ccc(C2C(=C(O)c3ccc(OC)cc3)C(=O)C(=O)N2c2nc3ccc(C)cc3s2)cc1OCC. The summed E-state index contributed by atoms with van der Waals surface area (Å²) in [5.74, 6) is -0.162. The van der Waals surface area contributed by atoms with Gasteiger partial charge in [-0.1, -0.05) is 36.8 Å². The van der Waals surface area contributed by atoms with Gasteiger partial charge in [-0.15, -0.1) is 0 Å². The van der Waals surface area contributed by atoms with Crippen molar-refractivity contribution in [1.29, 1.82) is 0 Å². The molecule has 1 N–H and O–H groups in total. The summed E-state index contributed by atoms with van der Waals surface area (Å²) in [6.07, 6.45) is 1.89. The summed E-state index contributed by atoms with van der Waals surface area (Å²) >= 11 is 1.32. The summed E-state index contributed by atoms with van der Waals surface area (Å²) in [5.41, 5.74) is 2.73. The summed E-state index contributed by atoms with van der Waals surface area (Å²) in [7, 11) is 1.55. The number of amides is 1. The predicted octanol–water partition coefficient (Wildman–Crippen LogP) is 6.82. The maximum atomic E-state index is 13.7. The van der Waals surface area contributed by atoms with Crippen molar-refractivity contribution in [1.82, 2.24) is 4.98 Å². The van der Waals surface area contributed by atoms with Crippen LogP contribution in [0.1, 0.15) is 49.4 Å². The van der Waals surface area contributed by atoms with Crippen molar-refractivity contribution in [2.75, 3.05) is 25.2 Å². The first-order valence-corrected chi connectivity index (χ1v) is 14.4. The van der Waals surface area contributed by atoms with Gasteiger partial charge in [0.15, 0.2) is 16.6 Å². The van der Waals surface area contributed by atoms with E-state index in [4.69, 9.17) is 19.2 Å². The topological polar surface area (TPSA) is 98.2 Å². The Kier molecular flexibility index (Phi) is 8.26. The zero-order chi connectivity index (χ0) is 29.1. The fourth-order valence-electron chi connectivity index (χ4n) is 4.78. The standard InChI is InChI=1S/C32H32N2O6S/c1-5-7-16-40-24-15-11-21(18-25(24)39-6-2)28-27(29(35)20-9-12-22(38-4)13-10-20)30(36)31(37)34(28)32-33-23-14-8-19(3)17-26(23)41-32/h8-15,17-18,28,35H,5-7,16H2,1-4H3. The Morgan fingerprint density at radius 3 is 2.49 bits per heavy atom. The molecule has 3 aromatic carbocycles. The maximum absolute atomic E-state index is 13.7. The van der Waals surface area contributed by atoms with Gasteiger partial charge in [-0.05, 0) is 79.9 Å². The van der Waals surface area contributed by atoms with Crippen LogP contribution in [0.15, 0.2) is 66.2 Å². The molecule has 0 bridgehead atoms. The molecule has 0 aliphatic carbocycles. The number of hydrogen-bond acceptors (Lipinski definition) is 8. The molecule has 0 saturated carbocycles. The molecule has 2 heterocycles. The number of hydrogen-bond donors (Lipinski definition) is 1. The molecule has 212 valence electrons. The van der Waals surface area contributed by atoms with Crippen molar-refractivity contribution < 1.29 is 28.9 Å². The number of ketones is 1. The van der Waals surface area contributed by atoms with Crippen LogP contribution in [0.3, 0.4) is 0 Å². The van der Waals surface area contributed by atoms with E-state index in [9.17, 15) is 14.7 Å². The normalized spacial score (nSPS) is 16.4. The van der Waals surface area contributed by atoms with Crippen molar-refractivity contribution in [2.45, 2.75) is 39.7 Å². The average Bonchev–Trinajstić information content (AvgIpc) is 3.51. The van der Waals surface area contributed by atoms with Crippen LogP contribution in [-0.4, -0.2) is 42.1 Å². The second kappa shape index (κ2) is 12.0. The fourth-order valence-corrected chi connectivity index (χ4v) is 5.87. The molecule has 1 aromatic heterocycles. The monoisotopic (exact) mass is 572 g/mol. The van der Waals surface area contributed by atoms with E-state index in [0.29, 0.717) is 46.7 Å². The van der Waals surface area contributed by atoms with Gasteiger partial charge < -0.3 is 19.3 Å². The quantitative estimate of drug-likeness (QED) is 0.0964. The van der Waals surface area contributed by atoms with Crippen LogP contribution in [-0.2, 0) is 9.59 Å². The lowest BCUT2D eigenvalue weighted by atomic mass is 9.95. The number of aryl methyl sites for hydroxylation is 1. The number of benzene rings is 3. The first kappa shape index (κ1) is 28.2. The zero-order valence-electron chi connectivity index (χ0n) is 23.5. The van der Waals surface area contributed by atoms with Crippen LogP contribution in [0.5, 0.6) is 17.2 Å². The van der Waals surface area contributed by atoms with Crippen LogP contribution >= 0.6 is 11.3 Å². The molecule has 0 spiro atoms. The number of unbranched alkanes of at least 4 members (excludes halogenated alkanes) is 1. The minimum absolute atomic E-state index is 0.0299. The van der Waals surface area contributed by atoms with Crippen molar-refractivity contribution in [3.63, 3.8) is 0 Å². The molecule has 1 amide bonds. The van der Waals surface area contributed by atoms with Crippen LogP contribution in [0.4, 0.5) is 5.13 Å². The Hall–Kier alpha value is -4.37. The summed E-state index contributed by atoms with van der Waals surface area (Å²) in [4.78, 5) is 33.4. The number of aliphatic hydroxyl groups excluding tert-OH is 1. The third kappa shape index (κ3) is 5.50. The van der Waals surface area contributed by atoms with E-state index in [-0.39, 0.29) is 11.3 Å². The Bertz CT molecular complexity index is 1630. The molecular formula is C32H32N2O6S. The Labute approximate surface area is 242 Å². The van der Waals surface area contributed by atoms with Gasteiger partial charge in [-0.3, -0.25) is 14.5 Å². The molecule has 1 fully saturated rings. The number of fused-ring (bicyclic) bond motifs is 1. The van der Waals surface area contributed by atoms with Crippen molar-refractivity contribution in [3.05, 3.63) is 82.9 Å². The largest absolute Gasteiger partial charge is 0.507 e. The predicted molar refractivity (Wildman–Crippen MR) is 160 cm³/mol. The number of thiazole rings is 1. The van der Waals surface area contributed by atoms with Gasteiger partial charge in [0.25, 0.3) is 5.78 Å². The van der Waals surface area contributed by atoms with Crippen LogP contribution in [0.25, 0.3) is 16.0 Å². The van der Waals surface area contributed by atoms with Crippen LogP contribution < -0.4 is 19.1 Å². The van der Waals surface area contributed by atoms with E-state index in [1.165, 1.54) is 16.2 Å². The fraction of sp³-hybridized carbons (Fsp3) is 0.281. The minimum Gasteiger partial charge on any atom is -0.507 e. The number of Topliss-reactive ketones (excluding diaryl/α,β-unsaturated/α-hetero) is 1. The highest BCUT2D eigenvalue weighted by molar-refractivity contribution is 7.22. The lowest BCUT2D eigenvalue weighted by Crippen LogP contribution is -2.29. The number of rotatable bonds is 10. The van der Waals surface area contributed by atoms with E-state index in [0.717, 1.165) is 28.6 Å². The van der Waals surface area contributed by atoms with E-state index in [1.807, 2.05) is 32.0 Å². The molecule has 0 radical (unpaired) electrons. The van der Waals surface area contributed by atoms with Gasteiger partial charge in [-0.2, -0.15) is 0 Å². The van der Waals surface area contributed by atoms with Gasteiger partial charge in [0.2, 0.25) is 0 Å². The third-order valence-electron chi connectivity index (χ3n) is 6.89. The molecule has 1 unspecified atom stereocenters. The number of anilines is 1. The molecule has 9 heteroatoms. The van der Waals surface area contributed by atoms with Crippen LogP contribution in [0, 0.1) is 6.92 Å². The smallest absolute Gasteiger partial charge is 0.301 e. The molecule has 1 saturated heterocycles. The number of carbonyl (C=O) groups excluding carboxylic acids is 2. The Morgan fingerprint density at radius 1 is 1.00 bits per heavy atom. The second-order valence-electron chi connectivity index (χ2n) is 9.71. The lowest BCUT2D eigenvalue weighted by molar-refractivity contribution is -0.132. The first-order valence-electron chi connectivity index (χ1n) is 13.6. The van der Waals surface area contributed by atoms with E-state index >= 15 is 0 Å². The number of ether oxygens (including phenoxy) is 3. The average molecular weight is 573 g/mol. The Balaban J connectivity index is 1.68. The first-order chi connectivity index (χ1) is 19.9. The van der Waals surface area contributed by atoms with Gasteiger partial charge >= 0.3 is 5.91 Å². The van der Waals surface area contributed by atoms with Crippen molar-refractivity contribution >= 4 is 44.1 Å². The van der Waals surface area contributed by atoms with Gasteiger partial charge in [0.1, 0.15) is 11.5 Å². The van der Waals surface area contributed by atoms with E-state index < -0.39 is 17.7 Å². The maximum Gasteiger partial charge on any atom is 0.301 e. The van der Waals surface area contributed by atoms with E-state index in [1.54, 1.807) is 49.6 Å². The third-order valence-corrected chi connectivity index (χ3v) is 7.90. The van der Waals surface area contributed by atoms with Gasteiger partial charge in [0.05, 0.1) is 42.2 Å². The molecule has 41 heavy (non-hydrogen) atoms. The lowest BCUT2D eigenvalue weighted by Gasteiger charge is -2.24. The summed E-state index contributed by atoms with van der Waals surface area (Å²) in [6.45, 7) is 6.89. The molecule has 8 nitrogen and oxygen atoms in total. The Morgan fingerprint density at radius 2 is 1.78 bits per heavy atom. The molecule has 1 aliphatic rings. The highest BCUT2D eigenvalue weighted by Crippen LogP contribution is 2.46. The molecule has 5 rings (SSSR count). The highest BCUT2D eigenvalue weighted by Gasteiger charge is 2.48. The van der Waals surface area contributed by atoms with Gasteiger partial charge in [0, 0.05) is 5.56 Å². The zero-order valence-corrected chi connectivity index (χ0v) is 24.3. The molecule has 1 aliphatic heterocycles. The van der Waals surface area contributed by atoms with Crippen molar-refractivity contribution in [3.8, 4) is 17.2 Å². The number of methoxy groups -OCH3 is 1. The number of carbonyl (C=O) groups is 2. The summed E-state index contributed by atoms with van der Waals surface area (Å²) in [6, 6.07) is 16.9. The number of nitrogens with zero attached hydrogens (tertiary/aromatic N) is 2. The van der Waals surface area contributed by atoms with Crippen LogP contribution in [0.2, 0.25) is 0 Å². The summed E-state index contributed by atoms with van der Waals surface area (Å²) < 4.78 is 18.0. The molecule has 1 atom stereocenters. The minimum atomic E-state index is -0.942. The summed E-state index contributed by atoms with van der Waals surface area (Å²) in [5, 5.41) is 11.8. The van der Waals surface area contributed by atoms with Gasteiger partial charge in [-0.25, -0.2) is 4.98 Å². The number of aliphatic hydroxyl groups is 1. The number of aromatic nitrogens is 1. The molecule has 4 aromatic rings. The van der Waals surface area contributed by atoms with Crippen molar-refractivity contribution in [2.24, 2.45) is 0 Å². The highest BCUT2D eigenvalue weighted by atomic mass is 32.1. The molecular weight excluding hydrogens is 540 g/mol. The second-order valence-corrected chi connectivity index (χ2v) is 10.7.